The van der Waals surface area contributed by atoms with Gasteiger partial charge in [0.25, 0.3) is 5.91 Å². The summed E-state index contributed by atoms with van der Waals surface area (Å²) in [5.41, 5.74) is 0.00711. The highest BCUT2D eigenvalue weighted by atomic mass is 19.4. The van der Waals surface area contributed by atoms with E-state index < -0.39 is 17.6 Å². The molecule has 0 aromatic carbocycles. The second-order valence-electron chi connectivity index (χ2n) is 4.82. The quantitative estimate of drug-likeness (QED) is 0.922. The summed E-state index contributed by atoms with van der Waals surface area (Å²) in [5, 5.41) is 2.66. The summed E-state index contributed by atoms with van der Waals surface area (Å²) in [4.78, 5) is 16.2. The van der Waals surface area contributed by atoms with E-state index in [9.17, 15) is 18.0 Å². The number of aromatic nitrogens is 2. The Labute approximate surface area is 113 Å². The van der Waals surface area contributed by atoms with Gasteiger partial charge in [0.05, 0.1) is 11.3 Å². The maximum Gasteiger partial charge on any atom is 0.417 e. The Morgan fingerprint density at radius 2 is 2.00 bits per heavy atom. The lowest BCUT2D eigenvalue weighted by atomic mass is 10.2. The molecule has 0 bridgehead atoms. The lowest BCUT2D eigenvalue weighted by Crippen LogP contribution is -2.31. The zero-order valence-electron chi connectivity index (χ0n) is 11.2. The Morgan fingerprint density at radius 3 is 2.55 bits per heavy atom. The van der Waals surface area contributed by atoms with Crippen molar-refractivity contribution in [2.45, 2.75) is 33.0 Å². The standard InChI is InChI=1S/C13H14F3N3O/c1-7(2)17-12(20)11-8(3)18-10-5-4-9(6-19(10)11)13(14,15)16/h4-7H,1-3H3,(H,17,20). The monoisotopic (exact) mass is 285 g/mol. The summed E-state index contributed by atoms with van der Waals surface area (Å²) in [5.74, 6) is -0.440. The fraction of sp³-hybridized carbons (Fsp3) is 0.385. The highest BCUT2D eigenvalue weighted by Gasteiger charge is 2.31. The number of nitrogens with one attached hydrogen (secondary N) is 1. The van der Waals surface area contributed by atoms with Gasteiger partial charge in [-0.3, -0.25) is 9.20 Å². The molecule has 0 saturated heterocycles. The minimum Gasteiger partial charge on any atom is -0.349 e. The number of pyridine rings is 1. The highest BCUT2D eigenvalue weighted by molar-refractivity contribution is 5.94. The van der Waals surface area contributed by atoms with Crippen LogP contribution >= 0.6 is 0 Å². The molecule has 0 aliphatic heterocycles. The minimum atomic E-state index is -4.46. The van der Waals surface area contributed by atoms with Gasteiger partial charge in [0.2, 0.25) is 0 Å². The molecule has 108 valence electrons. The molecule has 4 nitrogen and oxygen atoms in total. The Kier molecular flexibility index (Phi) is 3.45. The first-order chi connectivity index (χ1) is 9.20. The molecule has 1 N–H and O–H groups in total. The van der Waals surface area contributed by atoms with Crippen molar-refractivity contribution in [3.8, 4) is 0 Å². The molecule has 2 aromatic rings. The Morgan fingerprint density at radius 1 is 1.35 bits per heavy atom. The maximum absolute atomic E-state index is 12.7. The zero-order valence-corrected chi connectivity index (χ0v) is 11.2. The van der Waals surface area contributed by atoms with Crippen molar-refractivity contribution in [1.82, 2.24) is 14.7 Å². The van der Waals surface area contributed by atoms with Crippen LogP contribution in [-0.2, 0) is 6.18 Å². The van der Waals surface area contributed by atoms with Gasteiger partial charge in [0.1, 0.15) is 11.3 Å². The van der Waals surface area contributed by atoms with Gasteiger partial charge < -0.3 is 5.32 Å². The molecule has 0 aliphatic carbocycles. The lowest BCUT2D eigenvalue weighted by Gasteiger charge is -2.10. The first-order valence-corrected chi connectivity index (χ1v) is 6.07. The minimum absolute atomic E-state index is 0.113. The van der Waals surface area contributed by atoms with Gasteiger partial charge >= 0.3 is 6.18 Å². The molecule has 0 aliphatic rings. The molecule has 0 radical (unpaired) electrons. The van der Waals surface area contributed by atoms with Crippen molar-refractivity contribution in [3.63, 3.8) is 0 Å². The van der Waals surface area contributed by atoms with Crippen LogP contribution in [-0.4, -0.2) is 21.3 Å². The highest BCUT2D eigenvalue weighted by Crippen LogP contribution is 2.29. The normalized spacial score (nSPS) is 12.2. The number of imidazole rings is 1. The Hall–Kier alpha value is -2.05. The first kappa shape index (κ1) is 14.4. The second kappa shape index (κ2) is 4.81. The SMILES string of the molecule is Cc1nc2ccc(C(F)(F)F)cn2c1C(=O)NC(C)C. The fourth-order valence-corrected chi connectivity index (χ4v) is 1.93. The van der Waals surface area contributed by atoms with E-state index in [1.807, 2.05) is 0 Å². The molecule has 7 heteroatoms. The smallest absolute Gasteiger partial charge is 0.349 e. The summed E-state index contributed by atoms with van der Waals surface area (Å²) in [6.07, 6.45) is -3.57. The van der Waals surface area contributed by atoms with E-state index in [1.165, 1.54) is 10.5 Å². The van der Waals surface area contributed by atoms with Crippen LogP contribution in [0.1, 0.15) is 35.6 Å². The van der Waals surface area contributed by atoms with Crippen LogP contribution < -0.4 is 5.32 Å². The van der Waals surface area contributed by atoms with E-state index in [-0.39, 0.29) is 11.7 Å². The average molecular weight is 285 g/mol. The summed E-state index contributed by atoms with van der Waals surface area (Å²) < 4.78 is 39.4. The summed E-state index contributed by atoms with van der Waals surface area (Å²) in [6.45, 7) is 5.14. The summed E-state index contributed by atoms with van der Waals surface area (Å²) >= 11 is 0. The zero-order chi connectivity index (χ0) is 15.1. The van der Waals surface area contributed by atoms with Crippen LogP contribution in [0.15, 0.2) is 18.3 Å². The van der Waals surface area contributed by atoms with Crippen molar-refractivity contribution in [3.05, 3.63) is 35.3 Å². The molecular weight excluding hydrogens is 271 g/mol. The van der Waals surface area contributed by atoms with Gasteiger partial charge in [-0.05, 0) is 32.9 Å². The van der Waals surface area contributed by atoms with Crippen LogP contribution in [0.2, 0.25) is 0 Å². The number of carbonyl (C=O) groups excluding carboxylic acids is 1. The van der Waals surface area contributed by atoms with Gasteiger partial charge in [-0.1, -0.05) is 0 Å². The first-order valence-electron chi connectivity index (χ1n) is 6.07. The van der Waals surface area contributed by atoms with Crippen LogP contribution in [0.3, 0.4) is 0 Å². The van der Waals surface area contributed by atoms with Crippen molar-refractivity contribution >= 4 is 11.6 Å². The molecule has 2 heterocycles. The van der Waals surface area contributed by atoms with Gasteiger partial charge in [-0.2, -0.15) is 13.2 Å². The van der Waals surface area contributed by atoms with Crippen LogP contribution in [0, 0.1) is 6.92 Å². The molecule has 20 heavy (non-hydrogen) atoms. The number of nitrogens with zero attached hydrogens (tertiary/aromatic N) is 2. The van der Waals surface area contributed by atoms with E-state index >= 15 is 0 Å². The van der Waals surface area contributed by atoms with Gasteiger partial charge in [-0.15, -0.1) is 0 Å². The Bertz CT molecular complexity index is 659. The number of hydrogen-bond donors (Lipinski definition) is 1. The van der Waals surface area contributed by atoms with Crippen molar-refractivity contribution in [2.75, 3.05) is 0 Å². The molecule has 0 spiro atoms. The van der Waals surface area contributed by atoms with Crippen molar-refractivity contribution in [1.29, 1.82) is 0 Å². The third kappa shape index (κ3) is 2.61. The van der Waals surface area contributed by atoms with Crippen LogP contribution in [0.25, 0.3) is 5.65 Å². The number of hydrogen-bond acceptors (Lipinski definition) is 2. The van der Waals surface area contributed by atoms with E-state index in [0.29, 0.717) is 11.3 Å². The second-order valence-corrected chi connectivity index (χ2v) is 4.82. The van der Waals surface area contributed by atoms with E-state index in [2.05, 4.69) is 10.3 Å². The topological polar surface area (TPSA) is 46.4 Å². The summed E-state index contributed by atoms with van der Waals surface area (Å²) in [7, 11) is 0. The van der Waals surface area contributed by atoms with Crippen LogP contribution in [0.5, 0.6) is 0 Å². The number of halogens is 3. The number of fused-ring (bicyclic) bond motifs is 1. The molecule has 1 amide bonds. The number of aryl methyl sites for hydroxylation is 1. The molecule has 0 saturated carbocycles. The van der Waals surface area contributed by atoms with E-state index in [0.717, 1.165) is 12.3 Å². The molecular formula is C13H14F3N3O. The van der Waals surface area contributed by atoms with E-state index in [4.69, 9.17) is 0 Å². The van der Waals surface area contributed by atoms with Crippen molar-refractivity contribution < 1.29 is 18.0 Å². The largest absolute Gasteiger partial charge is 0.417 e. The number of carbonyl (C=O) groups is 1. The third-order valence-corrected chi connectivity index (χ3v) is 2.76. The molecule has 0 atom stereocenters. The van der Waals surface area contributed by atoms with Gasteiger partial charge in [-0.25, -0.2) is 4.98 Å². The molecule has 0 fully saturated rings. The fourth-order valence-electron chi connectivity index (χ4n) is 1.93. The molecule has 2 rings (SSSR count). The lowest BCUT2D eigenvalue weighted by molar-refractivity contribution is -0.137. The van der Waals surface area contributed by atoms with Crippen LogP contribution in [0.4, 0.5) is 13.2 Å². The number of alkyl halides is 3. The number of amides is 1. The molecule has 2 aromatic heterocycles. The number of rotatable bonds is 2. The third-order valence-electron chi connectivity index (χ3n) is 2.76. The van der Waals surface area contributed by atoms with Gasteiger partial charge in [0.15, 0.2) is 0 Å². The predicted octanol–water partition coefficient (Wildman–Crippen LogP) is 2.80. The van der Waals surface area contributed by atoms with E-state index in [1.54, 1.807) is 20.8 Å². The summed E-state index contributed by atoms with van der Waals surface area (Å²) in [6, 6.07) is 2.09. The predicted molar refractivity (Wildman–Crippen MR) is 67.5 cm³/mol. The molecule has 0 unspecified atom stereocenters. The Balaban J connectivity index is 2.59. The van der Waals surface area contributed by atoms with Gasteiger partial charge in [0, 0.05) is 12.2 Å². The maximum atomic E-state index is 12.7. The average Bonchev–Trinajstić information content (AvgIpc) is 2.61. The van der Waals surface area contributed by atoms with Crippen molar-refractivity contribution in [2.24, 2.45) is 0 Å².